The maximum atomic E-state index is 12.1. The number of fused-ring (bicyclic) bond motifs is 1. The fraction of sp³-hybridized carbons (Fsp3) is 0. The quantitative estimate of drug-likeness (QED) is 0.798. The zero-order valence-electron chi connectivity index (χ0n) is 11.5. The first-order chi connectivity index (χ1) is 10.8. The molecule has 0 aliphatic carbocycles. The Kier molecular flexibility index (Phi) is 4.06. The first-order valence-electron chi connectivity index (χ1n) is 6.46. The molecule has 1 aliphatic heterocycles. The number of anilines is 1. The topological polar surface area (TPSA) is 75.3 Å². The molecule has 3 rings (SSSR count). The summed E-state index contributed by atoms with van der Waals surface area (Å²) in [4.78, 5) is 12.2. The molecule has 0 unspecified atom stereocenters. The molecule has 0 fully saturated rings. The average molecular weight is 369 g/mol. The van der Waals surface area contributed by atoms with Crippen LogP contribution in [0.5, 0.6) is 0 Å². The van der Waals surface area contributed by atoms with E-state index < -0.39 is 15.9 Å². The van der Waals surface area contributed by atoms with Crippen molar-refractivity contribution >= 4 is 50.5 Å². The minimum Gasteiger partial charge on any atom is -0.322 e. The van der Waals surface area contributed by atoms with Crippen LogP contribution in [-0.4, -0.2) is 14.3 Å². The lowest BCUT2D eigenvalue weighted by Crippen LogP contribution is -2.16. The van der Waals surface area contributed by atoms with Crippen LogP contribution in [0.2, 0.25) is 10.0 Å². The van der Waals surface area contributed by atoms with E-state index in [9.17, 15) is 13.2 Å². The van der Waals surface area contributed by atoms with E-state index in [0.717, 1.165) is 0 Å². The molecule has 0 atom stereocenters. The summed E-state index contributed by atoms with van der Waals surface area (Å²) in [7, 11) is -3.63. The molecule has 2 aromatic carbocycles. The second-order valence-corrected chi connectivity index (χ2v) is 7.33. The highest BCUT2D eigenvalue weighted by Gasteiger charge is 2.29. The van der Waals surface area contributed by atoms with Gasteiger partial charge in [0, 0.05) is 27.4 Å². The molecule has 0 saturated heterocycles. The van der Waals surface area contributed by atoms with E-state index >= 15 is 0 Å². The lowest BCUT2D eigenvalue weighted by Gasteiger charge is -2.05. The van der Waals surface area contributed by atoms with Crippen LogP contribution >= 0.6 is 23.2 Å². The number of carbonyl (C=O) groups excluding carboxylic acids is 1. The van der Waals surface area contributed by atoms with E-state index in [1.54, 1.807) is 24.3 Å². The fourth-order valence-electron chi connectivity index (χ4n) is 2.22. The lowest BCUT2D eigenvalue weighted by molar-refractivity contribution is -0.111. The molecule has 0 saturated carbocycles. The zero-order chi connectivity index (χ0) is 16.6. The van der Waals surface area contributed by atoms with Crippen molar-refractivity contribution in [3.8, 4) is 0 Å². The van der Waals surface area contributed by atoms with Gasteiger partial charge in [0.15, 0.2) is 0 Å². The number of hydrogen-bond donors (Lipinski definition) is 2. The third-order valence-electron chi connectivity index (χ3n) is 3.12. The lowest BCUT2D eigenvalue weighted by atomic mass is 10.1. The summed E-state index contributed by atoms with van der Waals surface area (Å²) in [6.07, 6.45) is 1.18. The molecule has 5 nitrogen and oxygen atoms in total. The van der Waals surface area contributed by atoms with Gasteiger partial charge in [-0.3, -0.25) is 9.52 Å². The highest BCUT2D eigenvalue weighted by atomic mass is 35.5. The Morgan fingerprint density at radius 1 is 1.09 bits per heavy atom. The second-order valence-electron chi connectivity index (χ2n) is 4.81. The Morgan fingerprint density at radius 2 is 1.74 bits per heavy atom. The molecule has 1 heterocycles. The maximum Gasteiger partial charge on any atom is 0.262 e. The predicted molar refractivity (Wildman–Crippen MR) is 89.8 cm³/mol. The zero-order valence-corrected chi connectivity index (χ0v) is 13.8. The van der Waals surface area contributed by atoms with E-state index in [2.05, 4.69) is 10.0 Å². The third kappa shape index (κ3) is 3.34. The number of benzene rings is 2. The highest BCUT2D eigenvalue weighted by molar-refractivity contribution is 7.90. The highest BCUT2D eigenvalue weighted by Crippen LogP contribution is 2.29. The van der Waals surface area contributed by atoms with Gasteiger partial charge in [-0.1, -0.05) is 41.4 Å². The van der Waals surface area contributed by atoms with Crippen molar-refractivity contribution in [3.05, 3.63) is 64.1 Å². The molecule has 8 heteroatoms. The second kappa shape index (κ2) is 5.88. The maximum absolute atomic E-state index is 12.1. The van der Waals surface area contributed by atoms with Gasteiger partial charge in [0.2, 0.25) is 5.91 Å². The Morgan fingerprint density at radius 3 is 2.43 bits per heavy atom. The van der Waals surface area contributed by atoms with Crippen molar-refractivity contribution < 1.29 is 13.2 Å². The molecule has 118 valence electrons. The molecular formula is C15H10Cl2N2O3S. The van der Waals surface area contributed by atoms with Crippen LogP contribution in [0.25, 0.3) is 5.70 Å². The molecule has 23 heavy (non-hydrogen) atoms. The van der Waals surface area contributed by atoms with Gasteiger partial charge in [0.1, 0.15) is 0 Å². The summed E-state index contributed by atoms with van der Waals surface area (Å²) in [5.41, 5.74) is 1.08. The van der Waals surface area contributed by atoms with Gasteiger partial charge in [-0.25, -0.2) is 8.42 Å². The number of sulfonamides is 1. The molecule has 0 radical (unpaired) electrons. The summed E-state index contributed by atoms with van der Waals surface area (Å²) < 4.78 is 26.3. The minimum atomic E-state index is -3.63. The van der Waals surface area contributed by atoms with E-state index in [1.165, 1.54) is 24.3 Å². The summed E-state index contributed by atoms with van der Waals surface area (Å²) >= 11 is 11.7. The number of nitrogens with one attached hydrogen (secondary N) is 2. The van der Waals surface area contributed by atoms with Crippen LogP contribution in [-0.2, 0) is 14.8 Å². The molecule has 1 amide bonds. The number of amides is 1. The van der Waals surface area contributed by atoms with E-state index in [1.807, 2.05) is 0 Å². The summed E-state index contributed by atoms with van der Waals surface area (Å²) in [6, 6.07) is 11.0. The number of hydrogen-bond acceptors (Lipinski definition) is 3. The van der Waals surface area contributed by atoms with Gasteiger partial charge in [0.05, 0.1) is 10.6 Å². The molecule has 2 N–H and O–H groups in total. The minimum absolute atomic E-state index is 0.143. The van der Waals surface area contributed by atoms with Gasteiger partial charge >= 0.3 is 0 Å². The largest absolute Gasteiger partial charge is 0.322 e. The molecule has 0 spiro atoms. The molecule has 0 aromatic heterocycles. The first-order valence-corrected chi connectivity index (χ1v) is 8.70. The van der Waals surface area contributed by atoms with Crippen molar-refractivity contribution in [1.82, 2.24) is 4.72 Å². The van der Waals surface area contributed by atoms with Crippen molar-refractivity contribution in [2.75, 3.05) is 5.32 Å². The predicted octanol–water partition coefficient (Wildman–Crippen LogP) is 3.26. The van der Waals surface area contributed by atoms with Crippen LogP contribution in [0, 0.1) is 0 Å². The van der Waals surface area contributed by atoms with Gasteiger partial charge in [-0.2, -0.15) is 0 Å². The molecular weight excluding hydrogens is 359 g/mol. The van der Waals surface area contributed by atoms with Crippen molar-refractivity contribution in [2.24, 2.45) is 0 Å². The van der Waals surface area contributed by atoms with Crippen molar-refractivity contribution in [3.63, 3.8) is 0 Å². The van der Waals surface area contributed by atoms with Gasteiger partial charge in [0.25, 0.3) is 10.0 Å². The molecule has 2 aromatic rings. The Bertz CT molecular complexity index is 919. The van der Waals surface area contributed by atoms with Crippen LogP contribution in [0.3, 0.4) is 0 Å². The van der Waals surface area contributed by atoms with Gasteiger partial charge < -0.3 is 5.32 Å². The van der Waals surface area contributed by atoms with Crippen LogP contribution < -0.4 is 10.0 Å². The summed E-state index contributed by atoms with van der Waals surface area (Å²) in [5, 5.41) is 3.35. The van der Waals surface area contributed by atoms with E-state index in [4.69, 9.17) is 23.2 Å². The Labute approximate surface area is 143 Å². The summed E-state index contributed by atoms with van der Waals surface area (Å²) in [5.74, 6) is -0.502. The third-order valence-corrected chi connectivity index (χ3v) is 4.98. The Balaban J connectivity index is 1.89. The van der Waals surface area contributed by atoms with E-state index in [-0.39, 0.29) is 10.6 Å². The van der Waals surface area contributed by atoms with Crippen LogP contribution in [0.1, 0.15) is 5.56 Å². The normalized spacial score (nSPS) is 16.7. The van der Waals surface area contributed by atoms with E-state index in [0.29, 0.717) is 21.3 Å². The number of carbonyl (C=O) groups is 1. The van der Waals surface area contributed by atoms with Gasteiger partial charge in [-0.15, -0.1) is 0 Å². The standard InChI is InChI=1S/C15H10Cl2N2O3S/c16-9-5-10(17)7-11(6-9)18-15(20)8-13-12-3-1-2-4-14(12)23(21,22)19-13/h1-8,19H,(H,18,20). The smallest absolute Gasteiger partial charge is 0.262 e. The molecule has 0 bridgehead atoms. The van der Waals surface area contributed by atoms with Gasteiger partial charge in [-0.05, 0) is 24.3 Å². The SMILES string of the molecule is O=C(C=C1NS(=O)(=O)c2ccccc21)Nc1cc(Cl)cc(Cl)c1. The number of halogens is 2. The average Bonchev–Trinajstić information content (AvgIpc) is 2.69. The Hall–Kier alpha value is -2.02. The summed E-state index contributed by atoms with van der Waals surface area (Å²) in [6.45, 7) is 0. The molecule has 1 aliphatic rings. The van der Waals surface area contributed by atoms with Crippen LogP contribution in [0.4, 0.5) is 5.69 Å². The van der Waals surface area contributed by atoms with Crippen molar-refractivity contribution in [1.29, 1.82) is 0 Å². The first kappa shape index (κ1) is 15.9. The monoisotopic (exact) mass is 368 g/mol. The van der Waals surface area contributed by atoms with Crippen molar-refractivity contribution in [2.45, 2.75) is 4.90 Å². The fourth-order valence-corrected chi connectivity index (χ4v) is 4.04. The number of rotatable bonds is 2. The van der Waals surface area contributed by atoms with Crippen LogP contribution in [0.15, 0.2) is 53.4 Å².